The van der Waals surface area contributed by atoms with Gasteiger partial charge >= 0.3 is 0 Å². The van der Waals surface area contributed by atoms with Crippen LogP contribution < -0.4 is 0 Å². The molecule has 0 spiro atoms. The molecule has 2 aliphatic heterocycles. The maximum Gasteiger partial charge on any atom is 0.226 e. The highest BCUT2D eigenvalue weighted by Crippen LogP contribution is 2.32. The minimum absolute atomic E-state index is 0.283. The molecule has 3 aromatic rings. The Balaban J connectivity index is 1.02. The number of likely N-dealkylation sites (tertiary alicyclic amines) is 1. The molecule has 2 fully saturated rings. The number of nitrogens with zero attached hydrogens (tertiary/aromatic N) is 4. The highest BCUT2D eigenvalue weighted by molar-refractivity contribution is 5.86. The van der Waals surface area contributed by atoms with E-state index in [1.807, 2.05) is 0 Å². The number of piperidine rings is 1. The number of fused-ring (bicyclic) bond motifs is 3. The molecule has 35 heavy (non-hydrogen) atoms. The molecule has 0 atom stereocenters. The van der Waals surface area contributed by atoms with Gasteiger partial charge < -0.3 is 18.7 Å². The maximum atomic E-state index is 13.1. The van der Waals surface area contributed by atoms with Crippen molar-refractivity contribution in [3.63, 3.8) is 0 Å². The lowest BCUT2D eigenvalue weighted by atomic mass is 9.93. The number of hydrogen-bond acceptors (Lipinski definition) is 5. The largest absolute Gasteiger partial charge is 0.381 e. The second-order valence-electron chi connectivity index (χ2n) is 10.5. The van der Waals surface area contributed by atoms with Gasteiger partial charge in [-0.2, -0.15) is 4.98 Å². The number of ether oxygens (including phenoxy) is 1. The fraction of sp³-hybridized carbons (Fsp3) is 0.607. The van der Waals surface area contributed by atoms with E-state index in [9.17, 15) is 4.79 Å². The van der Waals surface area contributed by atoms with Gasteiger partial charge in [0.05, 0.1) is 0 Å². The Morgan fingerprint density at radius 2 is 1.83 bits per heavy atom. The molecule has 7 nitrogen and oxygen atoms in total. The SMILES string of the molecule is O=C(CCn1c2c(c3ccccc31)CCCC2)N1CCC(Cc2nc(C3CCOCC3)no2)CC1. The van der Waals surface area contributed by atoms with Crippen molar-refractivity contribution < 1.29 is 14.1 Å². The van der Waals surface area contributed by atoms with Crippen LogP contribution >= 0.6 is 0 Å². The van der Waals surface area contributed by atoms with E-state index in [-0.39, 0.29) is 5.91 Å². The van der Waals surface area contributed by atoms with Gasteiger partial charge in [0.1, 0.15) is 0 Å². The Morgan fingerprint density at radius 3 is 2.69 bits per heavy atom. The van der Waals surface area contributed by atoms with Gasteiger partial charge in [-0.25, -0.2) is 0 Å². The third kappa shape index (κ3) is 4.75. The van der Waals surface area contributed by atoms with Crippen LogP contribution in [0.25, 0.3) is 10.9 Å². The van der Waals surface area contributed by atoms with Crippen LogP contribution in [-0.2, 0) is 35.3 Å². The van der Waals surface area contributed by atoms with Crippen LogP contribution in [0.5, 0.6) is 0 Å². The lowest BCUT2D eigenvalue weighted by molar-refractivity contribution is -0.132. The molecule has 1 aromatic carbocycles. The molecule has 6 rings (SSSR count). The lowest BCUT2D eigenvalue weighted by Crippen LogP contribution is -2.39. The summed E-state index contributed by atoms with van der Waals surface area (Å²) in [7, 11) is 0. The summed E-state index contributed by atoms with van der Waals surface area (Å²) >= 11 is 0. The number of aromatic nitrogens is 3. The van der Waals surface area contributed by atoms with E-state index in [0.717, 1.165) is 83.1 Å². The summed E-state index contributed by atoms with van der Waals surface area (Å²) in [4.78, 5) is 19.9. The highest BCUT2D eigenvalue weighted by atomic mass is 16.5. The number of rotatable bonds is 6. The van der Waals surface area contributed by atoms with Crippen molar-refractivity contribution in [2.45, 2.75) is 76.7 Å². The zero-order valence-corrected chi connectivity index (χ0v) is 20.6. The van der Waals surface area contributed by atoms with Crippen LogP contribution in [0.2, 0.25) is 0 Å². The number of carbonyl (C=O) groups is 1. The first kappa shape index (κ1) is 22.8. The van der Waals surface area contributed by atoms with Gasteiger partial charge in [0.2, 0.25) is 11.8 Å². The fourth-order valence-corrected chi connectivity index (χ4v) is 6.31. The molecule has 2 saturated heterocycles. The van der Waals surface area contributed by atoms with Crippen LogP contribution in [0.3, 0.4) is 0 Å². The van der Waals surface area contributed by atoms with Crippen molar-refractivity contribution in [3.8, 4) is 0 Å². The molecule has 3 aliphatic rings. The van der Waals surface area contributed by atoms with Crippen molar-refractivity contribution in [1.82, 2.24) is 19.6 Å². The third-order valence-corrected chi connectivity index (χ3v) is 8.33. The molecule has 1 aliphatic carbocycles. The summed E-state index contributed by atoms with van der Waals surface area (Å²) in [6.45, 7) is 4.00. The van der Waals surface area contributed by atoms with E-state index in [1.165, 1.54) is 41.4 Å². The average molecular weight is 477 g/mol. The number of carbonyl (C=O) groups excluding carboxylic acids is 1. The van der Waals surface area contributed by atoms with Crippen molar-refractivity contribution in [1.29, 1.82) is 0 Å². The van der Waals surface area contributed by atoms with Gasteiger partial charge in [-0.15, -0.1) is 0 Å². The highest BCUT2D eigenvalue weighted by Gasteiger charge is 2.27. The van der Waals surface area contributed by atoms with Crippen LogP contribution in [0.1, 0.15) is 73.8 Å². The van der Waals surface area contributed by atoms with Gasteiger partial charge in [-0.05, 0) is 68.9 Å². The van der Waals surface area contributed by atoms with Crippen molar-refractivity contribution in [2.24, 2.45) is 5.92 Å². The molecular weight excluding hydrogens is 440 g/mol. The fourth-order valence-electron chi connectivity index (χ4n) is 6.31. The predicted molar refractivity (Wildman–Crippen MR) is 133 cm³/mol. The first-order chi connectivity index (χ1) is 17.3. The maximum absolute atomic E-state index is 13.1. The zero-order valence-electron chi connectivity index (χ0n) is 20.6. The summed E-state index contributed by atoms with van der Waals surface area (Å²) in [5.41, 5.74) is 4.27. The smallest absolute Gasteiger partial charge is 0.226 e. The van der Waals surface area contributed by atoms with Gasteiger partial charge in [-0.1, -0.05) is 23.4 Å². The molecule has 1 amide bonds. The molecule has 186 valence electrons. The Bertz CT molecular complexity index is 1170. The van der Waals surface area contributed by atoms with Crippen LogP contribution in [0, 0.1) is 5.92 Å². The molecule has 0 N–H and O–H groups in total. The van der Waals surface area contributed by atoms with Gasteiger partial charge in [-0.3, -0.25) is 4.79 Å². The molecule has 0 saturated carbocycles. The van der Waals surface area contributed by atoms with Gasteiger partial charge in [0, 0.05) is 68.2 Å². The van der Waals surface area contributed by atoms with Gasteiger partial charge in [0.15, 0.2) is 5.82 Å². The monoisotopic (exact) mass is 476 g/mol. The Labute approximate surface area is 206 Å². The minimum Gasteiger partial charge on any atom is -0.381 e. The van der Waals surface area contributed by atoms with Crippen LogP contribution in [0.4, 0.5) is 0 Å². The number of hydrogen-bond donors (Lipinski definition) is 0. The lowest BCUT2D eigenvalue weighted by Gasteiger charge is -2.31. The molecule has 2 aromatic heterocycles. The van der Waals surface area contributed by atoms with Crippen LogP contribution in [-0.4, -0.2) is 51.8 Å². The van der Waals surface area contributed by atoms with Crippen molar-refractivity contribution in [3.05, 3.63) is 47.2 Å². The Hall–Kier alpha value is -2.67. The zero-order chi connectivity index (χ0) is 23.6. The van der Waals surface area contributed by atoms with E-state index in [0.29, 0.717) is 18.3 Å². The second-order valence-corrected chi connectivity index (χ2v) is 10.5. The quantitative estimate of drug-likeness (QED) is 0.517. The summed E-state index contributed by atoms with van der Waals surface area (Å²) in [5.74, 6) is 2.74. The topological polar surface area (TPSA) is 73.4 Å². The van der Waals surface area contributed by atoms with E-state index < -0.39 is 0 Å². The predicted octanol–water partition coefficient (Wildman–Crippen LogP) is 4.67. The molecule has 0 bridgehead atoms. The van der Waals surface area contributed by atoms with Crippen molar-refractivity contribution >= 4 is 16.8 Å². The second kappa shape index (κ2) is 10.1. The summed E-state index contributed by atoms with van der Waals surface area (Å²) in [6, 6.07) is 8.72. The number of amides is 1. The first-order valence-corrected chi connectivity index (χ1v) is 13.5. The molecule has 0 unspecified atom stereocenters. The Morgan fingerprint density at radius 1 is 1.03 bits per heavy atom. The molecular formula is C28H36N4O3. The number of para-hydroxylation sites is 1. The molecule has 0 radical (unpaired) electrons. The van der Waals surface area contributed by atoms with Crippen molar-refractivity contribution in [2.75, 3.05) is 26.3 Å². The summed E-state index contributed by atoms with van der Waals surface area (Å²) in [6.07, 6.45) is 10.2. The standard InChI is InChI=1S/C28H36N4O3/c33-27(11-16-32-24-7-3-1-5-22(24)23-6-2-4-8-25(23)32)31-14-9-20(10-15-31)19-26-29-28(30-35-26)21-12-17-34-18-13-21/h1,3,5,7,20-21H,2,4,6,8-19H2. The van der Waals surface area contributed by atoms with E-state index in [4.69, 9.17) is 9.26 Å². The van der Waals surface area contributed by atoms with E-state index >= 15 is 0 Å². The number of aryl methyl sites for hydroxylation is 2. The normalized spacial score (nSPS) is 19.8. The Kier molecular flexibility index (Phi) is 6.59. The van der Waals surface area contributed by atoms with E-state index in [1.54, 1.807) is 0 Å². The van der Waals surface area contributed by atoms with Gasteiger partial charge in [0.25, 0.3) is 0 Å². The first-order valence-electron chi connectivity index (χ1n) is 13.5. The molecule has 7 heteroatoms. The summed E-state index contributed by atoms with van der Waals surface area (Å²) < 4.78 is 13.4. The average Bonchev–Trinajstić information content (AvgIpc) is 3.51. The minimum atomic E-state index is 0.283. The van der Waals surface area contributed by atoms with Crippen LogP contribution in [0.15, 0.2) is 28.8 Å². The number of benzene rings is 1. The third-order valence-electron chi connectivity index (χ3n) is 8.33. The summed E-state index contributed by atoms with van der Waals surface area (Å²) in [5, 5.41) is 5.63. The van der Waals surface area contributed by atoms with E-state index in [2.05, 4.69) is 43.9 Å². The molecule has 4 heterocycles.